The molecule has 1 fully saturated rings. The van der Waals surface area contributed by atoms with Crippen molar-refractivity contribution >= 4 is 5.82 Å². The number of hydrogen-bond donors (Lipinski definition) is 1. The molecule has 4 heteroatoms. The van der Waals surface area contributed by atoms with Gasteiger partial charge in [-0.25, -0.2) is 4.98 Å². The fourth-order valence-electron chi connectivity index (χ4n) is 2.55. The quantitative estimate of drug-likeness (QED) is 0.885. The molecule has 2 rings (SSSR count). The summed E-state index contributed by atoms with van der Waals surface area (Å²) in [5, 5.41) is 3.54. The van der Waals surface area contributed by atoms with Gasteiger partial charge < -0.3 is 15.0 Å². The van der Waals surface area contributed by atoms with Gasteiger partial charge in [0.05, 0.1) is 13.3 Å². The van der Waals surface area contributed by atoms with E-state index in [2.05, 4.69) is 35.1 Å². The number of methoxy groups -OCH3 is 1. The first-order valence-electron chi connectivity index (χ1n) is 7.20. The summed E-state index contributed by atoms with van der Waals surface area (Å²) in [5.41, 5.74) is 0. The minimum absolute atomic E-state index is 0.535. The number of rotatable bonds is 5. The molecule has 0 aliphatic carbocycles. The SMILES string of the molecule is COc1ccc(N2CCCCC2CNC(C)C)nc1. The monoisotopic (exact) mass is 263 g/mol. The Bertz CT molecular complexity index is 377. The van der Waals surface area contributed by atoms with Gasteiger partial charge >= 0.3 is 0 Å². The lowest BCUT2D eigenvalue weighted by molar-refractivity contribution is 0.409. The molecule has 0 amide bonds. The van der Waals surface area contributed by atoms with Gasteiger partial charge in [0.2, 0.25) is 0 Å². The molecule has 0 radical (unpaired) electrons. The zero-order chi connectivity index (χ0) is 13.7. The van der Waals surface area contributed by atoms with Crippen molar-refractivity contribution < 1.29 is 4.74 Å². The van der Waals surface area contributed by atoms with Crippen LogP contribution in [0, 0.1) is 0 Å². The highest BCUT2D eigenvalue weighted by molar-refractivity contribution is 5.42. The van der Waals surface area contributed by atoms with Crippen molar-refractivity contribution in [2.45, 2.75) is 45.2 Å². The Morgan fingerprint density at radius 2 is 2.26 bits per heavy atom. The van der Waals surface area contributed by atoms with Crippen LogP contribution < -0.4 is 15.0 Å². The Morgan fingerprint density at radius 1 is 1.42 bits per heavy atom. The average Bonchev–Trinajstić information content (AvgIpc) is 2.45. The van der Waals surface area contributed by atoms with E-state index in [1.165, 1.54) is 19.3 Å². The van der Waals surface area contributed by atoms with Crippen LogP contribution in [0.15, 0.2) is 18.3 Å². The molecule has 0 bridgehead atoms. The Hall–Kier alpha value is -1.29. The lowest BCUT2D eigenvalue weighted by atomic mass is 10.0. The summed E-state index contributed by atoms with van der Waals surface area (Å²) in [4.78, 5) is 6.95. The van der Waals surface area contributed by atoms with Crippen LogP contribution in [0.5, 0.6) is 5.75 Å². The Morgan fingerprint density at radius 3 is 2.89 bits per heavy atom. The largest absolute Gasteiger partial charge is 0.495 e. The second-order valence-corrected chi connectivity index (χ2v) is 5.46. The molecule has 1 atom stereocenters. The van der Waals surface area contributed by atoms with Crippen LogP contribution in [-0.4, -0.2) is 37.3 Å². The van der Waals surface area contributed by atoms with Gasteiger partial charge in [0.15, 0.2) is 0 Å². The van der Waals surface area contributed by atoms with E-state index in [9.17, 15) is 0 Å². The predicted octanol–water partition coefficient (Wildman–Crippen LogP) is 2.45. The van der Waals surface area contributed by atoms with Crippen molar-refractivity contribution in [3.8, 4) is 5.75 Å². The van der Waals surface area contributed by atoms with Gasteiger partial charge in [0.25, 0.3) is 0 Å². The third-order valence-corrected chi connectivity index (χ3v) is 3.64. The van der Waals surface area contributed by atoms with Crippen LogP contribution in [0.4, 0.5) is 5.82 Å². The van der Waals surface area contributed by atoms with Gasteiger partial charge in [-0.2, -0.15) is 0 Å². The molecule has 0 spiro atoms. The van der Waals surface area contributed by atoms with E-state index in [4.69, 9.17) is 4.74 Å². The minimum Gasteiger partial charge on any atom is -0.495 e. The van der Waals surface area contributed by atoms with Crippen LogP contribution in [-0.2, 0) is 0 Å². The third-order valence-electron chi connectivity index (χ3n) is 3.64. The number of nitrogens with zero attached hydrogens (tertiary/aromatic N) is 2. The molecule has 0 aromatic carbocycles. The summed E-state index contributed by atoms with van der Waals surface area (Å²) >= 11 is 0. The smallest absolute Gasteiger partial charge is 0.137 e. The van der Waals surface area contributed by atoms with E-state index in [1.54, 1.807) is 13.3 Å². The first-order valence-corrected chi connectivity index (χ1v) is 7.20. The lowest BCUT2D eigenvalue weighted by Gasteiger charge is -2.37. The topological polar surface area (TPSA) is 37.4 Å². The summed E-state index contributed by atoms with van der Waals surface area (Å²) in [6.07, 6.45) is 5.62. The second-order valence-electron chi connectivity index (χ2n) is 5.46. The molecule has 19 heavy (non-hydrogen) atoms. The van der Waals surface area contributed by atoms with Gasteiger partial charge in [0.1, 0.15) is 11.6 Å². The second kappa shape index (κ2) is 6.75. The molecule has 2 heterocycles. The van der Waals surface area contributed by atoms with Crippen molar-refractivity contribution in [2.75, 3.05) is 25.1 Å². The van der Waals surface area contributed by atoms with Gasteiger partial charge in [-0.3, -0.25) is 0 Å². The molecule has 4 nitrogen and oxygen atoms in total. The van der Waals surface area contributed by atoms with Gasteiger partial charge in [-0.15, -0.1) is 0 Å². The van der Waals surface area contributed by atoms with E-state index in [0.29, 0.717) is 12.1 Å². The molecule has 1 aliphatic rings. The number of aromatic nitrogens is 1. The highest BCUT2D eigenvalue weighted by Gasteiger charge is 2.23. The van der Waals surface area contributed by atoms with Crippen molar-refractivity contribution in [3.63, 3.8) is 0 Å². The van der Waals surface area contributed by atoms with Crippen LogP contribution in [0.1, 0.15) is 33.1 Å². The Labute approximate surface area is 116 Å². The van der Waals surface area contributed by atoms with Crippen LogP contribution in [0.3, 0.4) is 0 Å². The van der Waals surface area contributed by atoms with Crippen molar-refractivity contribution in [1.82, 2.24) is 10.3 Å². The van der Waals surface area contributed by atoms with E-state index in [1.807, 2.05) is 6.07 Å². The summed E-state index contributed by atoms with van der Waals surface area (Å²) < 4.78 is 5.17. The molecule has 106 valence electrons. The summed E-state index contributed by atoms with van der Waals surface area (Å²) in [5.74, 6) is 1.88. The maximum absolute atomic E-state index is 5.17. The number of ether oxygens (including phenoxy) is 1. The van der Waals surface area contributed by atoms with Crippen LogP contribution >= 0.6 is 0 Å². The van der Waals surface area contributed by atoms with Gasteiger partial charge in [0, 0.05) is 25.2 Å². The zero-order valence-corrected chi connectivity index (χ0v) is 12.2. The number of hydrogen-bond acceptors (Lipinski definition) is 4. The predicted molar refractivity (Wildman–Crippen MR) is 78.9 cm³/mol. The molecule has 1 N–H and O–H groups in total. The number of piperidine rings is 1. The van der Waals surface area contributed by atoms with Crippen LogP contribution in [0.25, 0.3) is 0 Å². The highest BCUT2D eigenvalue weighted by Crippen LogP contribution is 2.24. The molecule has 1 aromatic rings. The minimum atomic E-state index is 0.535. The first kappa shape index (κ1) is 14.1. The summed E-state index contributed by atoms with van der Waals surface area (Å²) in [7, 11) is 1.67. The number of nitrogens with one attached hydrogen (secondary N) is 1. The summed E-state index contributed by atoms with van der Waals surface area (Å²) in [6, 6.07) is 5.14. The summed E-state index contributed by atoms with van der Waals surface area (Å²) in [6.45, 7) is 6.52. The molecule has 1 aliphatic heterocycles. The molecule has 1 aromatic heterocycles. The molecule has 1 unspecified atom stereocenters. The standard InChI is InChI=1S/C15H25N3O/c1-12(2)16-10-13-6-4-5-9-18(13)15-8-7-14(19-3)11-17-15/h7-8,11-13,16H,4-6,9-10H2,1-3H3. The average molecular weight is 263 g/mol. The van der Waals surface area contributed by atoms with Gasteiger partial charge in [-0.1, -0.05) is 13.8 Å². The van der Waals surface area contributed by atoms with Gasteiger partial charge in [-0.05, 0) is 31.4 Å². The molecular weight excluding hydrogens is 238 g/mol. The number of pyridine rings is 1. The van der Waals surface area contributed by atoms with E-state index < -0.39 is 0 Å². The third kappa shape index (κ3) is 3.83. The number of anilines is 1. The van der Waals surface area contributed by atoms with E-state index in [-0.39, 0.29) is 0 Å². The molecular formula is C15H25N3O. The maximum Gasteiger partial charge on any atom is 0.137 e. The maximum atomic E-state index is 5.17. The van der Waals surface area contributed by atoms with Crippen molar-refractivity contribution in [1.29, 1.82) is 0 Å². The first-order chi connectivity index (χ1) is 9.20. The fraction of sp³-hybridized carbons (Fsp3) is 0.667. The van der Waals surface area contributed by atoms with E-state index in [0.717, 1.165) is 24.7 Å². The van der Waals surface area contributed by atoms with E-state index >= 15 is 0 Å². The fourth-order valence-corrected chi connectivity index (χ4v) is 2.55. The normalized spacial score (nSPS) is 19.8. The lowest BCUT2D eigenvalue weighted by Crippen LogP contribution is -2.47. The van der Waals surface area contributed by atoms with Crippen LogP contribution in [0.2, 0.25) is 0 Å². The van der Waals surface area contributed by atoms with Crippen molar-refractivity contribution in [2.24, 2.45) is 0 Å². The molecule has 1 saturated heterocycles. The Kier molecular flexibility index (Phi) is 5.02. The zero-order valence-electron chi connectivity index (χ0n) is 12.2. The highest BCUT2D eigenvalue weighted by atomic mass is 16.5. The van der Waals surface area contributed by atoms with Crippen molar-refractivity contribution in [3.05, 3.63) is 18.3 Å². The molecule has 0 saturated carbocycles. The Balaban J connectivity index is 2.04.